The van der Waals surface area contributed by atoms with Gasteiger partial charge in [-0.15, -0.1) is 0 Å². The van der Waals surface area contributed by atoms with Crippen LogP contribution < -0.4 is 0 Å². The molecule has 1 fully saturated rings. The van der Waals surface area contributed by atoms with E-state index in [1.807, 2.05) is 18.0 Å². The maximum Gasteiger partial charge on any atom is 0.273 e. The van der Waals surface area contributed by atoms with E-state index in [9.17, 15) is 9.18 Å². The highest BCUT2D eigenvalue weighted by Gasteiger charge is 2.31. The zero-order valence-corrected chi connectivity index (χ0v) is 14.0. The lowest BCUT2D eigenvalue weighted by atomic mass is 9.94. The highest BCUT2D eigenvalue weighted by atomic mass is 19.1. The Balaban J connectivity index is 1.73. The Morgan fingerprint density at radius 1 is 1.24 bits per heavy atom. The molecule has 1 aliphatic heterocycles. The van der Waals surface area contributed by atoms with E-state index < -0.39 is 0 Å². The Morgan fingerprint density at radius 3 is 2.84 bits per heavy atom. The number of rotatable bonds is 2. The van der Waals surface area contributed by atoms with Gasteiger partial charge in [0.05, 0.1) is 11.7 Å². The van der Waals surface area contributed by atoms with Crippen molar-refractivity contribution in [3.8, 4) is 0 Å². The number of hydrogen-bond acceptors (Lipinski definition) is 3. The van der Waals surface area contributed by atoms with E-state index in [0.717, 1.165) is 24.8 Å². The third-order valence-corrected chi connectivity index (χ3v) is 4.80. The van der Waals surface area contributed by atoms with Crippen LogP contribution >= 0.6 is 0 Å². The van der Waals surface area contributed by atoms with Crippen molar-refractivity contribution in [2.45, 2.75) is 32.2 Å². The van der Waals surface area contributed by atoms with Crippen LogP contribution in [0.5, 0.6) is 0 Å². The molecule has 2 aromatic heterocycles. The normalized spacial score (nSPS) is 17.8. The van der Waals surface area contributed by atoms with E-state index in [1.54, 1.807) is 28.8 Å². The number of likely N-dealkylation sites (tertiary alicyclic amines) is 1. The molecule has 25 heavy (non-hydrogen) atoms. The van der Waals surface area contributed by atoms with Gasteiger partial charge in [-0.25, -0.2) is 14.4 Å². The standard InChI is InChI=1S/C19H19FN4O/c1-13-17(24-12-4-10-21-19(24)22-13)18(25)23-11-3-2-5-16(23)14-6-8-15(20)9-7-14/h4,6-10,12,16H,2-3,5,11H2,1H3. The molecular weight excluding hydrogens is 319 g/mol. The van der Waals surface area contributed by atoms with Gasteiger partial charge < -0.3 is 4.90 Å². The summed E-state index contributed by atoms with van der Waals surface area (Å²) >= 11 is 0. The molecule has 1 atom stereocenters. The van der Waals surface area contributed by atoms with Crippen molar-refractivity contribution >= 4 is 11.7 Å². The molecule has 6 heteroatoms. The molecule has 0 spiro atoms. The topological polar surface area (TPSA) is 50.5 Å². The van der Waals surface area contributed by atoms with E-state index in [1.165, 1.54) is 12.1 Å². The van der Waals surface area contributed by atoms with Crippen LogP contribution in [0.25, 0.3) is 5.78 Å². The molecule has 3 heterocycles. The van der Waals surface area contributed by atoms with Crippen LogP contribution in [0.1, 0.15) is 47.1 Å². The molecule has 4 rings (SSSR count). The second-order valence-electron chi connectivity index (χ2n) is 6.40. The van der Waals surface area contributed by atoms with Crippen molar-refractivity contribution < 1.29 is 9.18 Å². The Kier molecular flexibility index (Phi) is 3.95. The van der Waals surface area contributed by atoms with Crippen LogP contribution in [-0.4, -0.2) is 31.7 Å². The number of piperidine rings is 1. The molecule has 1 saturated heterocycles. The summed E-state index contributed by atoms with van der Waals surface area (Å²) in [5, 5.41) is 0. The van der Waals surface area contributed by atoms with Crippen molar-refractivity contribution in [1.82, 2.24) is 19.3 Å². The summed E-state index contributed by atoms with van der Waals surface area (Å²) in [5.74, 6) is 0.215. The third-order valence-electron chi connectivity index (χ3n) is 4.80. The highest BCUT2D eigenvalue weighted by molar-refractivity contribution is 5.94. The maximum absolute atomic E-state index is 13.3. The third kappa shape index (κ3) is 2.77. The lowest BCUT2D eigenvalue weighted by Crippen LogP contribution is -2.39. The molecular formula is C19H19FN4O. The van der Waals surface area contributed by atoms with Crippen molar-refractivity contribution in [2.24, 2.45) is 0 Å². The number of halogens is 1. The number of aryl methyl sites for hydroxylation is 1. The Hall–Kier alpha value is -2.76. The summed E-state index contributed by atoms with van der Waals surface area (Å²) in [4.78, 5) is 23.8. The van der Waals surface area contributed by atoms with Gasteiger partial charge in [0.25, 0.3) is 5.91 Å². The molecule has 0 N–H and O–H groups in total. The SMILES string of the molecule is Cc1nc2ncccn2c1C(=O)N1CCCCC1c1ccc(F)cc1. The number of carbonyl (C=O) groups excluding carboxylic acids is 1. The van der Waals surface area contributed by atoms with Gasteiger partial charge in [-0.2, -0.15) is 0 Å². The molecule has 0 saturated carbocycles. The zero-order chi connectivity index (χ0) is 17.4. The van der Waals surface area contributed by atoms with Gasteiger partial charge in [0.1, 0.15) is 11.5 Å². The van der Waals surface area contributed by atoms with Crippen LogP contribution in [0.2, 0.25) is 0 Å². The number of imidazole rings is 1. The summed E-state index contributed by atoms with van der Waals surface area (Å²) in [5.41, 5.74) is 2.20. The Labute approximate surface area is 145 Å². The second kappa shape index (κ2) is 6.27. The fourth-order valence-electron chi connectivity index (χ4n) is 3.60. The molecule has 128 valence electrons. The minimum atomic E-state index is -0.263. The molecule has 1 amide bonds. The molecule has 1 aliphatic rings. The number of nitrogens with zero attached hydrogens (tertiary/aromatic N) is 4. The zero-order valence-electron chi connectivity index (χ0n) is 14.0. The summed E-state index contributed by atoms with van der Waals surface area (Å²) in [6.45, 7) is 2.52. The van der Waals surface area contributed by atoms with Gasteiger partial charge >= 0.3 is 0 Å². The maximum atomic E-state index is 13.3. The van der Waals surface area contributed by atoms with Crippen molar-refractivity contribution in [3.63, 3.8) is 0 Å². The summed E-state index contributed by atoms with van der Waals surface area (Å²) in [7, 11) is 0. The first kappa shape index (κ1) is 15.7. The monoisotopic (exact) mass is 338 g/mol. The Morgan fingerprint density at radius 2 is 2.04 bits per heavy atom. The van der Waals surface area contributed by atoms with E-state index in [4.69, 9.17) is 0 Å². The summed E-state index contributed by atoms with van der Waals surface area (Å²) in [6.07, 6.45) is 6.38. The minimum Gasteiger partial charge on any atom is -0.330 e. The number of hydrogen-bond donors (Lipinski definition) is 0. The molecule has 0 radical (unpaired) electrons. The first-order valence-corrected chi connectivity index (χ1v) is 8.51. The van der Waals surface area contributed by atoms with Crippen LogP contribution in [0.3, 0.4) is 0 Å². The van der Waals surface area contributed by atoms with Gasteiger partial charge in [0.2, 0.25) is 5.78 Å². The predicted octanol–water partition coefficient (Wildman–Crippen LogP) is 3.54. The van der Waals surface area contributed by atoms with E-state index in [-0.39, 0.29) is 17.8 Å². The molecule has 1 unspecified atom stereocenters. The van der Waals surface area contributed by atoms with Gasteiger partial charge in [0.15, 0.2) is 0 Å². The van der Waals surface area contributed by atoms with E-state index >= 15 is 0 Å². The van der Waals surface area contributed by atoms with Crippen molar-refractivity contribution in [1.29, 1.82) is 0 Å². The second-order valence-corrected chi connectivity index (χ2v) is 6.40. The molecule has 0 bridgehead atoms. The molecule has 5 nitrogen and oxygen atoms in total. The van der Waals surface area contributed by atoms with Crippen LogP contribution in [-0.2, 0) is 0 Å². The van der Waals surface area contributed by atoms with Crippen LogP contribution in [0.15, 0.2) is 42.7 Å². The van der Waals surface area contributed by atoms with E-state index in [0.29, 0.717) is 23.7 Å². The van der Waals surface area contributed by atoms with Gasteiger partial charge in [-0.3, -0.25) is 9.20 Å². The number of fused-ring (bicyclic) bond motifs is 1. The van der Waals surface area contributed by atoms with Crippen LogP contribution in [0, 0.1) is 12.7 Å². The highest BCUT2D eigenvalue weighted by Crippen LogP contribution is 2.32. The summed E-state index contributed by atoms with van der Waals surface area (Å²) < 4.78 is 15.0. The lowest BCUT2D eigenvalue weighted by Gasteiger charge is -2.36. The number of benzene rings is 1. The van der Waals surface area contributed by atoms with Gasteiger partial charge in [0, 0.05) is 18.9 Å². The number of carbonyl (C=O) groups is 1. The Bertz CT molecular complexity index is 919. The molecule has 3 aromatic rings. The number of amides is 1. The first-order valence-electron chi connectivity index (χ1n) is 8.51. The van der Waals surface area contributed by atoms with E-state index in [2.05, 4.69) is 9.97 Å². The fraction of sp³-hybridized carbons (Fsp3) is 0.316. The van der Waals surface area contributed by atoms with Crippen molar-refractivity contribution in [3.05, 3.63) is 65.5 Å². The van der Waals surface area contributed by atoms with Gasteiger partial charge in [-0.05, 0) is 49.9 Å². The van der Waals surface area contributed by atoms with Crippen molar-refractivity contribution in [2.75, 3.05) is 6.54 Å². The fourth-order valence-corrected chi connectivity index (χ4v) is 3.60. The lowest BCUT2D eigenvalue weighted by molar-refractivity contribution is 0.0603. The number of aromatic nitrogens is 3. The summed E-state index contributed by atoms with van der Waals surface area (Å²) in [6, 6.07) is 8.21. The van der Waals surface area contributed by atoms with Gasteiger partial charge in [-0.1, -0.05) is 12.1 Å². The first-order chi connectivity index (χ1) is 12.1. The smallest absolute Gasteiger partial charge is 0.273 e. The minimum absolute atomic E-state index is 0.0385. The average molecular weight is 338 g/mol. The molecule has 1 aromatic carbocycles. The van der Waals surface area contributed by atoms with Crippen LogP contribution in [0.4, 0.5) is 4.39 Å². The predicted molar refractivity (Wildman–Crippen MR) is 91.8 cm³/mol. The molecule has 0 aliphatic carbocycles. The largest absolute Gasteiger partial charge is 0.330 e. The average Bonchev–Trinajstić information content (AvgIpc) is 2.97. The quantitative estimate of drug-likeness (QED) is 0.718.